The molecule has 7 heteroatoms. The van der Waals surface area contributed by atoms with Gasteiger partial charge < -0.3 is 9.84 Å². The second-order valence-corrected chi connectivity index (χ2v) is 5.97. The molecule has 0 saturated heterocycles. The Labute approximate surface area is 135 Å². The first-order valence-electron chi connectivity index (χ1n) is 6.75. The standard InChI is InChI=1S/C16H12F2N2O2S/c1-23-13-3-2-12(11-5-16(17,18)15(21)14(11)13)22-10-4-9(6-19)7-20-8-10/h2-4,7-8,15,21H,5H2,1H3. The van der Waals surface area contributed by atoms with Crippen molar-refractivity contribution in [3.63, 3.8) is 0 Å². The van der Waals surface area contributed by atoms with E-state index in [1.165, 1.54) is 30.2 Å². The van der Waals surface area contributed by atoms with E-state index in [1.54, 1.807) is 18.4 Å². The zero-order chi connectivity index (χ0) is 16.6. The van der Waals surface area contributed by atoms with Crippen LogP contribution in [-0.4, -0.2) is 22.3 Å². The molecule has 1 N–H and O–H groups in total. The fourth-order valence-electron chi connectivity index (χ4n) is 2.59. The SMILES string of the molecule is CSc1ccc(Oc2cncc(C#N)c2)c2c1C(O)C(F)(F)C2. The van der Waals surface area contributed by atoms with Crippen LogP contribution in [0.5, 0.6) is 11.5 Å². The number of fused-ring (bicyclic) bond motifs is 1. The Morgan fingerprint density at radius 3 is 2.91 bits per heavy atom. The summed E-state index contributed by atoms with van der Waals surface area (Å²) in [6.45, 7) is 0. The lowest BCUT2D eigenvalue weighted by atomic mass is 10.1. The van der Waals surface area contributed by atoms with Gasteiger partial charge in [-0.3, -0.25) is 4.98 Å². The number of pyridine rings is 1. The molecule has 0 aliphatic heterocycles. The number of alkyl halides is 2. The van der Waals surface area contributed by atoms with Crippen LogP contribution < -0.4 is 4.74 Å². The number of aliphatic hydroxyl groups excluding tert-OH is 1. The third kappa shape index (κ3) is 2.76. The summed E-state index contributed by atoms with van der Waals surface area (Å²) < 4.78 is 33.5. The van der Waals surface area contributed by atoms with Gasteiger partial charge in [0.05, 0.1) is 11.8 Å². The summed E-state index contributed by atoms with van der Waals surface area (Å²) >= 11 is 1.30. The fourth-order valence-corrected chi connectivity index (χ4v) is 3.24. The third-order valence-electron chi connectivity index (χ3n) is 3.65. The molecule has 1 atom stereocenters. The summed E-state index contributed by atoms with van der Waals surface area (Å²) in [5.74, 6) is -2.70. The largest absolute Gasteiger partial charge is 0.455 e. The number of aromatic nitrogens is 1. The summed E-state index contributed by atoms with van der Waals surface area (Å²) in [5, 5.41) is 18.8. The Morgan fingerprint density at radius 2 is 2.22 bits per heavy atom. The van der Waals surface area contributed by atoms with Crippen molar-refractivity contribution < 1.29 is 18.6 Å². The first-order valence-corrected chi connectivity index (χ1v) is 7.97. The van der Waals surface area contributed by atoms with E-state index in [2.05, 4.69) is 4.98 Å². The lowest BCUT2D eigenvalue weighted by molar-refractivity contribution is -0.0976. The van der Waals surface area contributed by atoms with Gasteiger partial charge >= 0.3 is 0 Å². The molecule has 0 spiro atoms. The van der Waals surface area contributed by atoms with Gasteiger partial charge in [-0.15, -0.1) is 11.8 Å². The van der Waals surface area contributed by atoms with Crippen LogP contribution in [0.2, 0.25) is 0 Å². The first-order chi connectivity index (χ1) is 11.0. The molecular weight excluding hydrogens is 322 g/mol. The highest BCUT2D eigenvalue weighted by Gasteiger charge is 2.49. The van der Waals surface area contributed by atoms with Gasteiger partial charge in [-0.25, -0.2) is 8.78 Å². The highest BCUT2D eigenvalue weighted by Crippen LogP contribution is 2.50. The quantitative estimate of drug-likeness (QED) is 0.867. The van der Waals surface area contributed by atoms with Crippen LogP contribution in [0.25, 0.3) is 0 Å². The number of benzene rings is 1. The molecule has 1 aliphatic carbocycles. The summed E-state index contributed by atoms with van der Waals surface area (Å²) in [5.41, 5.74) is 0.811. The maximum absolute atomic E-state index is 13.9. The number of thioether (sulfide) groups is 1. The Kier molecular flexibility index (Phi) is 3.96. The van der Waals surface area contributed by atoms with Crippen molar-refractivity contribution in [2.24, 2.45) is 0 Å². The van der Waals surface area contributed by atoms with Crippen molar-refractivity contribution >= 4 is 11.8 Å². The molecule has 1 aliphatic rings. The highest BCUT2D eigenvalue weighted by molar-refractivity contribution is 7.98. The van der Waals surface area contributed by atoms with E-state index in [1.807, 2.05) is 6.07 Å². The number of hydrogen-bond acceptors (Lipinski definition) is 5. The van der Waals surface area contributed by atoms with Crippen molar-refractivity contribution in [3.8, 4) is 17.6 Å². The molecule has 2 aromatic rings. The summed E-state index contributed by atoms with van der Waals surface area (Å²) in [6.07, 6.45) is 2.12. The van der Waals surface area contributed by atoms with E-state index in [4.69, 9.17) is 10.00 Å². The van der Waals surface area contributed by atoms with Crippen molar-refractivity contribution in [3.05, 3.63) is 47.3 Å². The van der Waals surface area contributed by atoms with Crippen molar-refractivity contribution in [1.29, 1.82) is 5.26 Å². The zero-order valence-corrected chi connectivity index (χ0v) is 12.9. The van der Waals surface area contributed by atoms with Crippen LogP contribution in [0.3, 0.4) is 0 Å². The van der Waals surface area contributed by atoms with Gasteiger partial charge in [0.15, 0.2) is 0 Å². The molecule has 0 amide bonds. The average molecular weight is 334 g/mol. The Bertz CT molecular complexity index is 805. The maximum Gasteiger partial charge on any atom is 0.281 e. The van der Waals surface area contributed by atoms with Crippen molar-refractivity contribution in [2.75, 3.05) is 6.26 Å². The molecule has 4 nitrogen and oxygen atoms in total. The van der Waals surface area contributed by atoms with E-state index in [0.29, 0.717) is 10.5 Å². The van der Waals surface area contributed by atoms with Crippen LogP contribution in [0.1, 0.15) is 22.8 Å². The number of aliphatic hydroxyl groups is 1. The number of halogens is 2. The van der Waals surface area contributed by atoms with E-state index in [9.17, 15) is 13.9 Å². The fraction of sp³-hybridized carbons (Fsp3) is 0.250. The molecule has 0 radical (unpaired) electrons. The molecular formula is C16H12F2N2O2S. The molecule has 1 aromatic heterocycles. The van der Waals surface area contributed by atoms with Gasteiger partial charge in [0.25, 0.3) is 5.92 Å². The number of rotatable bonds is 3. The van der Waals surface area contributed by atoms with Gasteiger partial charge in [0, 0.05) is 34.7 Å². The molecule has 23 heavy (non-hydrogen) atoms. The molecule has 118 valence electrons. The minimum absolute atomic E-state index is 0.212. The topological polar surface area (TPSA) is 66.1 Å². The predicted molar refractivity (Wildman–Crippen MR) is 80.9 cm³/mol. The minimum Gasteiger partial charge on any atom is -0.455 e. The summed E-state index contributed by atoms with van der Waals surface area (Å²) in [7, 11) is 0. The van der Waals surface area contributed by atoms with Crippen LogP contribution in [0.4, 0.5) is 8.78 Å². The first kappa shape index (κ1) is 15.7. The maximum atomic E-state index is 13.9. The normalized spacial score (nSPS) is 18.3. The highest BCUT2D eigenvalue weighted by atomic mass is 32.2. The third-order valence-corrected chi connectivity index (χ3v) is 4.45. The van der Waals surface area contributed by atoms with Crippen molar-refractivity contribution in [1.82, 2.24) is 4.98 Å². The smallest absolute Gasteiger partial charge is 0.281 e. The molecule has 1 aromatic carbocycles. The molecule has 1 heterocycles. The summed E-state index contributed by atoms with van der Waals surface area (Å²) in [4.78, 5) is 4.47. The van der Waals surface area contributed by atoms with E-state index >= 15 is 0 Å². The van der Waals surface area contributed by atoms with Crippen LogP contribution in [0, 0.1) is 11.3 Å². The molecule has 0 bridgehead atoms. The number of nitrogens with zero attached hydrogens (tertiary/aromatic N) is 2. The Hall–Kier alpha value is -2.17. The molecule has 0 saturated carbocycles. The van der Waals surface area contributed by atoms with Gasteiger partial charge in [0.2, 0.25) is 0 Å². The second-order valence-electron chi connectivity index (χ2n) is 5.12. The summed E-state index contributed by atoms with van der Waals surface area (Å²) in [6, 6.07) is 6.65. The van der Waals surface area contributed by atoms with E-state index in [-0.39, 0.29) is 22.6 Å². The second kappa shape index (κ2) is 5.80. The molecule has 0 fully saturated rings. The Balaban J connectivity index is 2.04. The molecule has 3 rings (SSSR count). The minimum atomic E-state index is -3.22. The van der Waals surface area contributed by atoms with E-state index in [0.717, 1.165) is 0 Å². The lowest BCUT2D eigenvalue weighted by Gasteiger charge is -2.15. The van der Waals surface area contributed by atoms with Gasteiger partial charge in [-0.05, 0) is 18.4 Å². The number of nitriles is 1. The number of hydrogen-bond donors (Lipinski definition) is 1. The van der Waals surface area contributed by atoms with Gasteiger partial charge in [-0.1, -0.05) is 0 Å². The van der Waals surface area contributed by atoms with Gasteiger partial charge in [-0.2, -0.15) is 5.26 Å². The van der Waals surface area contributed by atoms with Gasteiger partial charge in [0.1, 0.15) is 23.7 Å². The number of ether oxygens (including phenoxy) is 1. The van der Waals surface area contributed by atoms with Crippen LogP contribution in [-0.2, 0) is 6.42 Å². The molecule has 1 unspecified atom stereocenters. The van der Waals surface area contributed by atoms with Crippen LogP contribution in [0.15, 0.2) is 35.5 Å². The lowest BCUT2D eigenvalue weighted by Crippen LogP contribution is -2.21. The van der Waals surface area contributed by atoms with E-state index < -0.39 is 18.4 Å². The average Bonchev–Trinajstić information content (AvgIpc) is 2.79. The Morgan fingerprint density at radius 1 is 1.43 bits per heavy atom. The predicted octanol–water partition coefficient (Wildman–Crippen LogP) is 3.69. The zero-order valence-electron chi connectivity index (χ0n) is 12.1. The monoisotopic (exact) mass is 334 g/mol. The van der Waals surface area contributed by atoms with Crippen LogP contribution >= 0.6 is 11.8 Å². The van der Waals surface area contributed by atoms with Crippen molar-refractivity contribution in [2.45, 2.75) is 23.3 Å².